The van der Waals surface area contributed by atoms with Crippen LogP contribution in [0.3, 0.4) is 0 Å². The zero-order valence-corrected chi connectivity index (χ0v) is 24.6. The van der Waals surface area contributed by atoms with Crippen LogP contribution in [0.15, 0.2) is 58.9 Å². The van der Waals surface area contributed by atoms with Crippen LogP contribution in [0, 0.1) is 0 Å². The summed E-state index contributed by atoms with van der Waals surface area (Å²) in [5.41, 5.74) is -0.147. The van der Waals surface area contributed by atoms with Crippen molar-refractivity contribution >= 4 is 97.7 Å². The van der Waals surface area contributed by atoms with Crippen molar-refractivity contribution in [3.05, 3.63) is 60.2 Å². The van der Waals surface area contributed by atoms with Gasteiger partial charge in [-0.3, -0.25) is 9.59 Å². The van der Waals surface area contributed by atoms with Gasteiger partial charge in [-0.05, 0) is 24.6 Å². The average Bonchev–Trinajstić information content (AvgIpc) is 3.37. The van der Waals surface area contributed by atoms with Gasteiger partial charge in [0, 0.05) is 12.2 Å². The lowest BCUT2D eigenvalue weighted by Crippen LogP contribution is -2.76. The number of rotatable bonds is 8. The number of carbonyl (C=O) groups excluding carboxylic acids is 2. The number of hydrogen-bond acceptors (Lipinski definition) is 7. The highest BCUT2D eigenvalue weighted by molar-refractivity contribution is 8.05. The number of β-lactam (4-membered cyclic amide) rings is 1. The Morgan fingerprint density at radius 2 is 1.84 bits per heavy atom. The molecule has 2 aliphatic heterocycles. The fraction of sp³-hybridized carbons (Fsp3) is 0.360. The van der Waals surface area contributed by atoms with E-state index in [4.69, 9.17) is 34.8 Å². The molecule has 1 aromatic heterocycles. The summed E-state index contributed by atoms with van der Waals surface area (Å²) in [6, 6.07) is 16.0. The number of fused-ring (bicyclic) bond motifs is 2. The van der Waals surface area contributed by atoms with Crippen molar-refractivity contribution in [1.29, 1.82) is 0 Å². The van der Waals surface area contributed by atoms with Crippen LogP contribution in [0.4, 0.5) is 0 Å². The molecule has 3 aromatic rings. The van der Waals surface area contributed by atoms with Crippen molar-refractivity contribution in [2.24, 2.45) is 0 Å². The molecule has 3 unspecified atom stereocenters. The van der Waals surface area contributed by atoms with Crippen LogP contribution in [0.25, 0.3) is 10.2 Å². The van der Waals surface area contributed by atoms with Gasteiger partial charge in [0.2, 0.25) is 11.8 Å². The van der Waals surface area contributed by atoms with Crippen molar-refractivity contribution in [2.45, 2.75) is 49.6 Å². The van der Waals surface area contributed by atoms with E-state index in [1.807, 2.05) is 54.6 Å². The Hall–Kier alpha value is -1.69. The molecule has 4 atom stereocenters. The van der Waals surface area contributed by atoms with Gasteiger partial charge in [-0.2, -0.15) is 0 Å². The molecule has 2 N–H and O–H groups in total. The first-order valence-electron chi connectivity index (χ1n) is 11.6. The highest BCUT2D eigenvalue weighted by atomic mass is 35.6. The molecule has 2 amide bonds. The molecular formula is C25H22Cl3N3O4S3. The summed E-state index contributed by atoms with van der Waals surface area (Å²) in [5.74, 6) is -1.80. The third-order valence-electron chi connectivity index (χ3n) is 6.79. The fourth-order valence-corrected chi connectivity index (χ4v) is 9.88. The Bertz CT molecular complexity index is 1370. The highest BCUT2D eigenvalue weighted by Crippen LogP contribution is 2.62. The van der Waals surface area contributed by atoms with E-state index in [-0.39, 0.29) is 18.1 Å². The number of nitrogens with one attached hydrogen (secondary N) is 1. The number of amides is 2. The number of nitrogens with zero attached hydrogens (tertiary/aromatic N) is 2. The van der Waals surface area contributed by atoms with Crippen LogP contribution in [0.2, 0.25) is 0 Å². The molecule has 7 nitrogen and oxygen atoms in total. The maximum Gasteiger partial charge on any atom is 0.331 e. The molecule has 13 heteroatoms. The van der Waals surface area contributed by atoms with Crippen molar-refractivity contribution in [3.8, 4) is 0 Å². The molecule has 2 fully saturated rings. The molecule has 0 saturated carbocycles. The van der Waals surface area contributed by atoms with E-state index in [0.29, 0.717) is 0 Å². The molecule has 0 radical (unpaired) electrons. The number of thiazole rings is 1. The summed E-state index contributed by atoms with van der Waals surface area (Å²) in [7, 11) is 0. The van der Waals surface area contributed by atoms with Gasteiger partial charge in [0.15, 0.2) is 13.7 Å². The molecule has 0 aliphatic carbocycles. The molecule has 200 valence electrons. The quantitative estimate of drug-likeness (QED) is 0.196. The predicted molar refractivity (Wildman–Crippen MR) is 154 cm³/mol. The standard InChI is InChI=1S/C25H22Cl3N3O4S3/c1-23(13-36-22-29-15-9-5-6-10-16(15)37-22)24(21(34)35,12-25(26,27)28)31-19(33)18(20(31)38-23)30-17(32)11-14-7-3-2-4-8-14/h2-10,18,20H,11-13H2,1H3,(H,30,32)(H,34,35)/t18?,20-,23?,24?/m1/s1. The monoisotopic (exact) mass is 629 g/mol. The number of carbonyl (C=O) groups is 3. The van der Waals surface area contributed by atoms with Crippen LogP contribution in [-0.4, -0.2) is 64.0 Å². The first kappa shape index (κ1) is 27.9. The van der Waals surface area contributed by atoms with Crippen LogP contribution in [-0.2, 0) is 20.8 Å². The van der Waals surface area contributed by atoms with Gasteiger partial charge in [-0.1, -0.05) is 89.0 Å². The van der Waals surface area contributed by atoms with Crippen LogP contribution in [0.5, 0.6) is 0 Å². The van der Waals surface area contributed by atoms with E-state index in [1.54, 1.807) is 6.92 Å². The highest BCUT2D eigenvalue weighted by Gasteiger charge is 2.75. The molecule has 5 rings (SSSR count). The Morgan fingerprint density at radius 1 is 1.16 bits per heavy atom. The van der Waals surface area contributed by atoms with Gasteiger partial charge in [-0.25, -0.2) is 9.78 Å². The summed E-state index contributed by atoms with van der Waals surface area (Å²) >= 11 is 22.8. The summed E-state index contributed by atoms with van der Waals surface area (Å²) in [6.45, 7) is 1.77. The first-order chi connectivity index (χ1) is 17.9. The van der Waals surface area contributed by atoms with E-state index in [2.05, 4.69) is 10.3 Å². The Balaban J connectivity index is 1.42. The third kappa shape index (κ3) is 4.99. The van der Waals surface area contributed by atoms with Crippen molar-refractivity contribution in [2.75, 3.05) is 5.75 Å². The minimum atomic E-state index is -1.93. The summed E-state index contributed by atoms with van der Waals surface area (Å²) in [4.78, 5) is 45.1. The maximum atomic E-state index is 13.4. The summed E-state index contributed by atoms with van der Waals surface area (Å²) in [5, 5.41) is 12.8. The number of aromatic nitrogens is 1. The number of thioether (sulfide) groups is 2. The molecule has 2 aromatic carbocycles. The number of carboxylic acids is 1. The molecule has 2 saturated heterocycles. The summed E-state index contributed by atoms with van der Waals surface area (Å²) < 4.78 is -1.21. The normalized spacial score (nSPS) is 26.7. The van der Waals surface area contributed by atoms with E-state index >= 15 is 0 Å². The van der Waals surface area contributed by atoms with Crippen molar-refractivity contribution < 1.29 is 19.5 Å². The summed E-state index contributed by atoms with van der Waals surface area (Å²) in [6.07, 6.45) is -0.304. The van der Waals surface area contributed by atoms with Gasteiger partial charge < -0.3 is 15.3 Å². The molecule has 2 aliphatic rings. The second-order valence-corrected chi connectivity index (χ2v) is 15.7. The largest absolute Gasteiger partial charge is 0.479 e. The molecular weight excluding hydrogens is 609 g/mol. The number of benzene rings is 2. The Kier molecular flexibility index (Phi) is 7.60. The van der Waals surface area contributed by atoms with E-state index in [1.165, 1.54) is 39.8 Å². The van der Waals surface area contributed by atoms with Gasteiger partial charge in [-0.15, -0.1) is 23.1 Å². The number of carboxylic acid groups (broad SMARTS) is 1. The first-order valence-corrected chi connectivity index (χ1v) is 15.4. The topological polar surface area (TPSA) is 99.6 Å². The number of para-hydroxylation sites is 1. The van der Waals surface area contributed by atoms with E-state index in [0.717, 1.165) is 20.1 Å². The van der Waals surface area contributed by atoms with Crippen LogP contribution >= 0.6 is 69.7 Å². The number of aliphatic carboxylic acids is 1. The van der Waals surface area contributed by atoms with Crippen molar-refractivity contribution in [1.82, 2.24) is 15.2 Å². The third-order valence-corrected chi connectivity index (χ3v) is 11.6. The zero-order valence-electron chi connectivity index (χ0n) is 19.9. The van der Waals surface area contributed by atoms with Crippen LogP contribution in [0.1, 0.15) is 18.9 Å². The second kappa shape index (κ2) is 10.4. The van der Waals surface area contributed by atoms with Gasteiger partial charge >= 0.3 is 5.97 Å². The maximum absolute atomic E-state index is 13.4. The van der Waals surface area contributed by atoms with Gasteiger partial charge in [0.1, 0.15) is 11.4 Å². The van der Waals surface area contributed by atoms with Crippen molar-refractivity contribution in [3.63, 3.8) is 0 Å². The minimum absolute atomic E-state index is 0.102. The Morgan fingerprint density at radius 3 is 2.50 bits per heavy atom. The Labute approximate surface area is 246 Å². The van der Waals surface area contributed by atoms with Gasteiger partial charge in [0.25, 0.3) is 0 Å². The van der Waals surface area contributed by atoms with Gasteiger partial charge in [0.05, 0.1) is 21.4 Å². The molecule has 3 heterocycles. The SMILES string of the molecule is CC1(CSc2nc3ccccc3s2)S[C@@H]2C(NC(=O)Cc3ccccc3)C(=O)N2C1(CC(Cl)(Cl)Cl)C(=O)O. The predicted octanol–water partition coefficient (Wildman–Crippen LogP) is 5.37. The number of alkyl halides is 3. The average molecular weight is 631 g/mol. The second-order valence-electron chi connectivity index (χ2n) is 9.35. The number of halogens is 3. The zero-order chi connectivity index (χ0) is 27.3. The minimum Gasteiger partial charge on any atom is -0.479 e. The van der Waals surface area contributed by atoms with E-state index < -0.39 is 43.8 Å². The molecule has 38 heavy (non-hydrogen) atoms. The van der Waals surface area contributed by atoms with E-state index in [9.17, 15) is 19.5 Å². The fourth-order valence-electron chi connectivity index (χ4n) is 4.98. The smallest absolute Gasteiger partial charge is 0.331 e. The molecule has 0 spiro atoms. The van der Waals surface area contributed by atoms with Crippen LogP contribution < -0.4 is 5.32 Å². The lowest BCUT2D eigenvalue weighted by Gasteiger charge is -2.51. The number of hydrogen-bond donors (Lipinski definition) is 2. The lowest BCUT2D eigenvalue weighted by molar-refractivity contribution is -0.172. The molecule has 0 bridgehead atoms. The lowest BCUT2D eigenvalue weighted by atomic mass is 9.78.